The monoisotopic (exact) mass is 176 g/mol. The summed E-state index contributed by atoms with van der Waals surface area (Å²) in [5, 5.41) is 0. The van der Waals surface area contributed by atoms with E-state index in [9.17, 15) is 0 Å². The third kappa shape index (κ3) is 3.45. The molecular weight excluding hydrogens is 156 g/mol. The summed E-state index contributed by atoms with van der Waals surface area (Å²) in [6.45, 7) is 12.0. The summed E-state index contributed by atoms with van der Waals surface area (Å²) in [6.07, 6.45) is 3.01. The van der Waals surface area contributed by atoms with Crippen LogP contribution in [-0.2, 0) is 6.42 Å². The van der Waals surface area contributed by atoms with Gasteiger partial charge >= 0.3 is 0 Å². The maximum atomic E-state index is 3.78. The molecule has 0 radical (unpaired) electrons. The van der Waals surface area contributed by atoms with E-state index in [1.165, 1.54) is 16.7 Å². The van der Waals surface area contributed by atoms with Crippen LogP contribution in [0.25, 0.3) is 6.08 Å². The molecule has 0 fully saturated rings. The van der Waals surface area contributed by atoms with E-state index in [4.69, 9.17) is 0 Å². The average Bonchev–Trinajstić information content (AvgIpc) is 2.20. The highest BCUT2D eigenvalue weighted by atomic mass is 14.0. The van der Waals surface area contributed by atoms with Crippen LogP contribution < -0.4 is 0 Å². The maximum Gasteiger partial charge on any atom is -0.0228 e. The maximum absolute atomic E-state index is 3.78. The van der Waals surface area contributed by atoms with E-state index in [2.05, 4.69) is 38.6 Å². The first kappa shape index (κ1) is 12.0. The van der Waals surface area contributed by atoms with Crippen LogP contribution in [0, 0.1) is 6.92 Å². The van der Waals surface area contributed by atoms with Crippen molar-refractivity contribution in [3.63, 3.8) is 0 Å². The van der Waals surface area contributed by atoms with Gasteiger partial charge in [-0.3, -0.25) is 0 Å². The van der Waals surface area contributed by atoms with Gasteiger partial charge in [0.2, 0.25) is 0 Å². The number of rotatable bonds is 2. The second kappa shape index (κ2) is 6.47. The fraction of sp³-hybridized carbons (Fsp3) is 0.385. The van der Waals surface area contributed by atoms with Crippen molar-refractivity contribution in [1.82, 2.24) is 0 Å². The largest absolute Gasteiger partial charge is 0.0985 e. The molecule has 0 heterocycles. The van der Waals surface area contributed by atoms with Gasteiger partial charge in [-0.1, -0.05) is 57.2 Å². The average molecular weight is 176 g/mol. The summed E-state index contributed by atoms with van der Waals surface area (Å²) < 4.78 is 0. The van der Waals surface area contributed by atoms with Crippen LogP contribution in [-0.4, -0.2) is 0 Å². The van der Waals surface area contributed by atoms with E-state index >= 15 is 0 Å². The molecule has 0 saturated carbocycles. The van der Waals surface area contributed by atoms with E-state index in [-0.39, 0.29) is 0 Å². The number of aryl methyl sites for hydroxylation is 2. The molecule has 0 aliphatic heterocycles. The van der Waals surface area contributed by atoms with E-state index in [1.54, 1.807) is 0 Å². The lowest BCUT2D eigenvalue weighted by Crippen LogP contribution is -1.86. The van der Waals surface area contributed by atoms with E-state index in [1.807, 2.05) is 19.9 Å². The second-order valence-corrected chi connectivity index (χ2v) is 2.76. The number of hydrogen-bond donors (Lipinski definition) is 0. The van der Waals surface area contributed by atoms with Gasteiger partial charge in [0.05, 0.1) is 0 Å². The Morgan fingerprint density at radius 2 is 1.92 bits per heavy atom. The molecule has 0 aromatic heterocycles. The summed E-state index contributed by atoms with van der Waals surface area (Å²) in [5.41, 5.74) is 3.95. The molecule has 0 aliphatic carbocycles. The third-order valence-electron chi connectivity index (χ3n) is 1.90. The minimum absolute atomic E-state index is 1.08. The van der Waals surface area contributed by atoms with Gasteiger partial charge in [0.15, 0.2) is 0 Å². The van der Waals surface area contributed by atoms with Crippen molar-refractivity contribution in [1.29, 1.82) is 0 Å². The Labute approximate surface area is 82.3 Å². The van der Waals surface area contributed by atoms with Gasteiger partial charge in [0.1, 0.15) is 0 Å². The van der Waals surface area contributed by atoms with Gasteiger partial charge in [-0.25, -0.2) is 0 Å². The van der Waals surface area contributed by atoms with Crippen LogP contribution in [0.2, 0.25) is 0 Å². The second-order valence-electron chi connectivity index (χ2n) is 2.76. The van der Waals surface area contributed by atoms with Crippen LogP contribution in [0.3, 0.4) is 0 Å². The highest BCUT2D eigenvalue weighted by molar-refractivity contribution is 5.53. The zero-order valence-corrected chi connectivity index (χ0v) is 9.22. The Balaban J connectivity index is 0.000000671. The van der Waals surface area contributed by atoms with Gasteiger partial charge in [-0.05, 0) is 24.5 Å². The first-order valence-corrected chi connectivity index (χ1v) is 5.00. The molecule has 0 saturated heterocycles. The van der Waals surface area contributed by atoms with Crippen molar-refractivity contribution in [2.45, 2.75) is 34.1 Å². The van der Waals surface area contributed by atoms with Crippen LogP contribution in [0.4, 0.5) is 0 Å². The lowest BCUT2D eigenvalue weighted by Gasteiger charge is -2.03. The fourth-order valence-corrected chi connectivity index (χ4v) is 1.23. The lowest BCUT2D eigenvalue weighted by atomic mass is 10.0. The summed E-state index contributed by atoms with van der Waals surface area (Å²) in [7, 11) is 0. The smallest absolute Gasteiger partial charge is 0.0228 e. The Bertz CT molecular complexity index is 259. The van der Waals surface area contributed by atoms with Gasteiger partial charge in [-0.15, -0.1) is 0 Å². The predicted octanol–water partition coefficient (Wildman–Crippen LogP) is 4.23. The Morgan fingerprint density at radius 3 is 2.38 bits per heavy atom. The summed E-state index contributed by atoms with van der Waals surface area (Å²) in [6, 6.07) is 6.49. The van der Waals surface area contributed by atoms with Gasteiger partial charge < -0.3 is 0 Å². The SMILES string of the molecule is C=Cc1cc(C)ccc1CC.CC. The molecule has 0 unspecified atom stereocenters. The molecule has 0 bridgehead atoms. The topological polar surface area (TPSA) is 0 Å². The quantitative estimate of drug-likeness (QED) is 0.632. The van der Waals surface area contributed by atoms with Crippen LogP contribution in [0.15, 0.2) is 24.8 Å². The summed E-state index contributed by atoms with van der Waals surface area (Å²) in [4.78, 5) is 0. The van der Waals surface area contributed by atoms with Gasteiger partial charge in [0, 0.05) is 0 Å². The molecule has 0 amide bonds. The molecule has 0 aliphatic rings. The van der Waals surface area contributed by atoms with E-state index in [0.717, 1.165) is 6.42 Å². The van der Waals surface area contributed by atoms with Crippen molar-refractivity contribution in [3.8, 4) is 0 Å². The molecular formula is C13H20. The standard InChI is InChI=1S/C11H14.C2H6/c1-4-10-7-6-9(3)8-11(10)5-2;1-2/h5-8H,2,4H2,1,3H3;1-2H3. The number of hydrogen-bond acceptors (Lipinski definition) is 0. The molecule has 13 heavy (non-hydrogen) atoms. The molecule has 1 aromatic rings. The number of benzene rings is 1. The van der Waals surface area contributed by atoms with E-state index in [0.29, 0.717) is 0 Å². The molecule has 0 spiro atoms. The first-order valence-electron chi connectivity index (χ1n) is 5.00. The molecule has 1 aromatic carbocycles. The Morgan fingerprint density at radius 1 is 1.31 bits per heavy atom. The van der Waals surface area contributed by atoms with Crippen molar-refractivity contribution >= 4 is 6.08 Å². The lowest BCUT2D eigenvalue weighted by molar-refractivity contribution is 1.13. The first-order chi connectivity index (χ1) is 6.27. The molecule has 0 N–H and O–H groups in total. The van der Waals surface area contributed by atoms with Crippen LogP contribution >= 0.6 is 0 Å². The zero-order chi connectivity index (χ0) is 10.3. The van der Waals surface area contributed by atoms with Crippen molar-refractivity contribution in [2.24, 2.45) is 0 Å². The zero-order valence-electron chi connectivity index (χ0n) is 9.22. The van der Waals surface area contributed by atoms with Crippen LogP contribution in [0.5, 0.6) is 0 Å². The molecule has 0 heteroatoms. The Hall–Kier alpha value is -1.04. The third-order valence-corrected chi connectivity index (χ3v) is 1.90. The van der Waals surface area contributed by atoms with Gasteiger partial charge in [-0.2, -0.15) is 0 Å². The molecule has 0 nitrogen and oxygen atoms in total. The van der Waals surface area contributed by atoms with Crippen molar-refractivity contribution in [2.75, 3.05) is 0 Å². The summed E-state index contributed by atoms with van der Waals surface area (Å²) in [5.74, 6) is 0. The Kier molecular flexibility index (Phi) is 5.96. The van der Waals surface area contributed by atoms with Gasteiger partial charge in [0.25, 0.3) is 0 Å². The predicted molar refractivity (Wildman–Crippen MR) is 62.0 cm³/mol. The van der Waals surface area contributed by atoms with E-state index < -0.39 is 0 Å². The normalized spacial score (nSPS) is 8.62. The van der Waals surface area contributed by atoms with Crippen LogP contribution in [0.1, 0.15) is 37.5 Å². The molecule has 0 atom stereocenters. The van der Waals surface area contributed by atoms with Crippen molar-refractivity contribution in [3.05, 3.63) is 41.5 Å². The highest BCUT2D eigenvalue weighted by Crippen LogP contribution is 2.12. The molecule has 72 valence electrons. The minimum atomic E-state index is 1.08. The fourth-order valence-electron chi connectivity index (χ4n) is 1.23. The minimum Gasteiger partial charge on any atom is -0.0985 e. The van der Waals surface area contributed by atoms with Crippen molar-refractivity contribution < 1.29 is 0 Å². The highest BCUT2D eigenvalue weighted by Gasteiger charge is 1.95. The summed E-state index contributed by atoms with van der Waals surface area (Å²) >= 11 is 0. The molecule has 1 rings (SSSR count).